The molecule has 23 heavy (non-hydrogen) atoms. The summed E-state index contributed by atoms with van der Waals surface area (Å²) in [5.41, 5.74) is 1.05. The highest BCUT2D eigenvalue weighted by atomic mass is 32.2. The highest BCUT2D eigenvalue weighted by Crippen LogP contribution is 2.35. The van der Waals surface area contributed by atoms with Crippen molar-refractivity contribution >= 4 is 22.5 Å². The Bertz CT molecular complexity index is 886. The molecule has 0 fully saturated rings. The zero-order valence-electron chi connectivity index (χ0n) is 13.6. The van der Waals surface area contributed by atoms with Crippen molar-refractivity contribution in [1.29, 1.82) is 0 Å². The molecule has 0 bridgehead atoms. The average molecular weight is 324 g/mol. The van der Waals surface area contributed by atoms with Crippen molar-refractivity contribution in [3.05, 3.63) is 70.6 Å². The van der Waals surface area contributed by atoms with Crippen LogP contribution in [-0.4, -0.2) is 9.55 Å². The largest absolute Gasteiger partial charge is 0.325 e. The molecule has 0 spiro atoms. The average Bonchev–Trinajstić information content (AvgIpc) is 2.54. The fraction of sp³-hybridized carbons (Fsp3) is 0.263. The van der Waals surface area contributed by atoms with Crippen LogP contribution in [0.1, 0.15) is 37.6 Å². The van der Waals surface area contributed by atoms with Crippen molar-refractivity contribution in [2.45, 2.75) is 37.2 Å². The molecule has 0 aliphatic carbocycles. The van der Waals surface area contributed by atoms with Crippen LogP contribution in [-0.2, 0) is 0 Å². The van der Waals surface area contributed by atoms with Gasteiger partial charge < -0.3 is 4.57 Å². The molecule has 0 saturated carbocycles. The lowest BCUT2D eigenvalue weighted by Gasteiger charge is -2.18. The van der Waals surface area contributed by atoms with E-state index in [-0.39, 0.29) is 16.9 Å². The van der Waals surface area contributed by atoms with E-state index < -0.39 is 0 Å². The predicted octanol–water partition coefficient (Wildman–Crippen LogP) is 4.83. The van der Waals surface area contributed by atoms with Crippen LogP contribution >= 0.6 is 11.8 Å². The van der Waals surface area contributed by atoms with Crippen molar-refractivity contribution in [2.75, 3.05) is 0 Å². The summed E-state index contributed by atoms with van der Waals surface area (Å²) in [6.45, 7) is 6.34. The molecule has 4 heteroatoms. The highest BCUT2D eigenvalue weighted by Gasteiger charge is 2.13. The SMILES string of the molecule is CC(C)n1ccc(=O)nc1S[C@@H](C)c1ccc2ccccc2c1. The van der Waals surface area contributed by atoms with Gasteiger partial charge in [-0.05, 0) is 37.1 Å². The van der Waals surface area contributed by atoms with Gasteiger partial charge in [0.15, 0.2) is 5.16 Å². The molecule has 0 aliphatic rings. The Labute approximate surface area is 140 Å². The molecule has 1 atom stereocenters. The van der Waals surface area contributed by atoms with Gasteiger partial charge in [0.2, 0.25) is 0 Å². The first-order valence-corrected chi connectivity index (χ1v) is 8.67. The standard InChI is InChI=1S/C19H20N2OS/c1-13(2)21-11-10-18(22)20-19(21)23-14(3)16-9-8-15-6-4-5-7-17(15)12-16/h4-14H,1-3H3/t14-/m0/s1. The fourth-order valence-corrected chi connectivity index (χ4v) is 3.70. The van der Waals surface area contributed by atoms with Gasteiger partial charge in [0.1, 0.15) is 0 Å². The summed E-state index contributed by atoms with van der Waals surface area (Å²) in [6.07, 6.45) is 1.83. The minimum Gasteiger partial charge on any atom is -0.325 e. The Morgan fingerprint density at radius 2 is 1.74 bits per heavy atom. The number of nitrogens with zero attached hydrogens (tertiary/aromatic N) is 2. The van der Waals surface area contributed by atoms with E-state index in [0.29, 0.717) is 0 Å². The third kappa shape index (κ3) is 3.48. The van der Waals surface area contributed by atoms with E-state index in [4.69, 9.17) is 0 Å². The summed E-state index contributed by atoms with van der Waals surface area (Å²) >= 11 is 1.63. The van der Waals surface area contributed by atoms with Gasteiger partial charge in [-0.15, -0.1) is 0 Å². The van der Waals surface area contributed by atoms with Crippen molar-refractivity contribution < 1.29 is 0 Å². The van der Waals surface area contributed by atoms with Crippen LogP contribution in [0.2, 0.25) is 0 Å². The molecule has 0 aliphatic heterocycles. The monoisotopic (exact) mass is 324 g/mol. The van der Waals surface area contributed by atoms with Crippen molar-refractivity contribution in [3.63, 3.8) is 0 Å². The quantitative estimate of drug-likeness (QED) is 0.509. The van der Waals surface area contributed by atoms with Crippen LogP contribution in [0, 0.1) is 0 Å². The molecule has 0 saturated heterocycles. The maximum atomic E-state index is 11.6. The third-order valence-corrected chi connectivity index (χ3v) is 5.02. The minimum atomic E-state index is -0.185. The van der Waals surface area contributed by atoms with E-state index in [1.165, 1.54) is 22.4 Å². The predicted molar refractivity (Wildman–Crippen MR) is 97.1 cm³/mol. The molecule has 3 aromatic rings. The Kier molecular flexibility index (Phi) is 4.53. The van der Waals surface area contributed by atoms with Gasteiger partial charge in [-0.3, -0.25) is 4.79 Å². The highest BCUT2D eigenvalue weighted by molar-refractivity contribution is 7.99. The van der Waals surface area contributed by atoms with Crippen LogP contribution in [0.25, 0.3) is 10.8 Å². The van der Waals surface area contributed by atoms with E-state index in [0.717, 1.165) is 5.16 Å². The fourth-order valence-electron chi connectivity index (χ4n) is 2.56. The molecule has 118 valence electrons. The molecule has 0 amide bonds. The molecule has 0 N–H and O–H groups in total. The topological polar surface area (TPSA) is 34.9 Å². The molecule has 0 unspecified atom stereocenters. The molecule has 0 radical (unpaired) electrons. The summed E-state index contributed by atoms with van der Waals surface area (Å²) in [5.74, 6) is 0. The summed E-state index contributed by atoms with van der Waals surface area (Å²) in [7, 11) is 0. The van der Waals surface area contributed by atoms with Gasteiger partial charge in [0.25, 0.3) is 5.56 Å². The smallest absolute Gasteiger partial charge is 0.273 e. The first-order valence-electron chi connectivity index (χ1n) is 7.79. The number of rotatable bonds is 4. The van der Waals surface area contributed by atoms with E-state index in [2.05, 4.69) is 68.2 Å². The van der Waals surface area contributed by atoms with Crippen LogP contribution < -0.4 is 5.56 Å². The van der Waals surface area contributed by atoms with Crippen molar-refractivity contribution in [2.24, 2.45) is 0 Å². The van der Waals surface area contributed by atoms with E-state index in [1.54, 1.807) is 11.8 Å². The summed E-state index contributed by atoms with van der Waals surface area (Å²) in [6, 6.07) is 16.7. The molecule has 1 heterocycles. The lowest BCUT2D eigenvalue weighted by Crippen LogP contribution is -2.15. The number of fused-ring (bicyclic) bond motifs is 1. The second kappa shape index (κ2) is 6.59. The number of hydrogen-bond acceptors (Lipinski definition) is 3. The molecule has 3 rings (SSSR count). The lowest BCUT2D eigenvalue weighted by atomic mass is 10.1. The summed E-state index contributed by atoms with van der Waals surface area (Å²) < 4.78 is 2.05. The summed E-state index contributed by atoms with van der Waals surface area (Å²) in [5, 5.41) is 3.47. The zero-order chi connectivity index (χ0) is 16.4. The van der Waals surface area contributed by atoms with Crippen LogP contribution in [0.3, 0.4) is 0 Å². The molecule has 1 aromatic heterocycles. The first kappa shape index (κ1) is 15.8. The van der Waals surface area contributed by atoms with Gasteiger partial charge in [-0.2, -0.15) is 4.98 Å². The second-order valence-corrected chi connectivity index (χ2v) is 7.22. The Balaban J connectivity index is 1.92. The van der Waals surface area contributed by atoms with Crippen molar-refractivity contribution in [3.8, 4) is 0 Å². The zero-order valence-corrected chi connectivity index (χ0v) is 14.4. The van der Waals surface area contributed by atoms with Crippen LogP contribution in [0.5, 0.6) is 0 Å². The second-order valence-electron chi connectivity index (χ2n) is 5.92. The normalized spacial score (nSPS) is 12.7. The summed E-state index contributed by atoms with van der Waals surface area (Å²) in [4.78, 5) is 15.8. The van der Waals surface area contributed by atoms with Gasteiger partial charge in [-0.25, -0.2) is 0 Å². The molecule has 2 aromatic carbocycles. The van der Waals surface area contributed by atoms with Gasteiger partial charge in [0, 0.05) is 23.6 Å². The number of benzene rings is 2. The Hall–Kier alpha value is -2.07. The van der Waals surface area contributed by atoms with Gasteiger partial charge in [0.05, 0.1) is 0 Å². The Morgan fingerprint density at radius 1 is 1.00 bits per heavy atom. The number of thioether (sulfide) groups is 1. The lowest BCUT2D eigenvalue weighted by molar-refractivity contribution is 0.525. The third-order valence-electron chi connectivity index (χ3n) is 3.89. The van der Waals surface area contributed by atoms with Gasteiger partial charge >= 0.3 is 0 Å². The number of hydrogen-bond donors (Lipinski definition) is 0. The van der Waals surface area contributed by atoms with Crippen molar-refractivity contribution in [1.82, 2.24) is 9.55 Å². The minimum absolute atomic E-state index is 0.185. The van der Waals surface area contributed by atoms with E-state index in [1.807, 2.05) is 10.8 Å². The molecule has 3 nitrogen and oxygen atoms in total. The van der Waals surface area contributed by atoms with Gasteiger partial charge in [-0.1, -0.05) is 54.2 Å². The maximum Gasteiger partial charge on any atom is 0.273 e. The molecular formula is C19H20N2OS. The van der Waals surface area contributed by atoms with E-state index >= 15 is 0 Å². The maximum absolute atomic E-state index is 11.6. The Morgan fingerprint density at radius 3 is 2.48 bits per heavy atom. The number of aromatic nitrogens is 2. The first-order chi connectivity index (χ1) is 11.0. The van der Waals surface area contributed by atoms with Crippen LogP contribution in [0.4, 0.5) is 0 Å². The molecular weight excluding hydrogens is 304 g/mol. The van der Waals surface area contributed by atoms with Crippen LogP contribution in [0.15, 0.2) is 64.7 Å². The van der Waals surface area contributed by atoms with E-state index in [9.17, 15) is 4.79 Å².